The number of hydrogen-bond donors (Lipinski definition) is 0. The van der Waals surface area contributed by atoms with Crippen LogP contribution in [-0.4, -0.2) is 19.4 Å². The molecule has 0 aliphatic rings. The minimum Gasteiger partial charge on any atom is -0.496 e. The van der Waals surface area contributed by atoms with Crippen LogP contribution in [-0.2, 0) is 0 Å². The van der Waals surface area contributed by atoms with Gasteiger partial charge >= 0.3 is 0 Å². The Kier molecular flexibility index (Phi) is 3.04. The molecule has 17 heavy (non-hydrogen) atoms. The lowest BCUT2D eigenvalue weighted by Gasteiger charge is -2.12. The number of benzene rings is 1. The number of aryl methyl sites for hydroxylation is 1. The third-order valence-corrected chi connectivity index (χ3v) is 2.67. The van der Waals surface area contributed by atoms with Gasteiger partial charge in [-0.15, -0.1) is 0 Å². The van der Waals surface area contributed by atoms with Gasteiger partial charge in [-0.2, -0.15) is 0 Å². The van der Waals surface area contributed by atoms with Gasteiger partial charge in [0.05, 0.1) is 25.5 Å². The van der Waals surface area contributed by atoms with Crippen molar-refractivity contribution >= 4 is 0 Å². The van der Waals surface area contributed by atoms with Crippen LogP contribution in [0.3, 0.4) is 0 Å². The first-order valence-corrected chi connectivity index (χ1v) is 5.32. The fourth-order valence-corrected chi connectivity index (χ4v) is 1.84. The Morgan fingerprint density at radius 2 is 1.88 bits per heavy atom. The Morgan fingerprint density at radius 1 is 1.12 bits per heavy atom. The largest absolute Gasteiger partial charge is 0.496 e. The van der Waals surface area contributed by atoms with E-state index in [1.807, 2.05) is 32.0 Å². The molecule has 0 bridgehead atoms. The molecule has 1 aromatic heterocycles. The van der Waals surface area contributed by atoms with E-state index >= 15 is 0 Å². The van der Waals surface area contributed by atoms with E-state index < -0.39 is 0 Å². The van der Waals surface area contributed by atoms with Crippen LogP contribution in [0.1, 0.15) is 11.3 Å². The molecule has 4 nitrogen and oxygen atoms in total. The summed E-state index contributed by atoms with van der Waals surface area (Å²) >= 11 is 0. The van der Waals surface area contributed by atoms with Gasteiger partial charge in [0.15, 0.2) is 5.76 Å². The van der Waals surface area contributed by atoms with Crippen molar-refractivity contribution in [2.45, 2.75) is 13.8 Å². The van der Waals surface area contributed by atoms with Crippen molar-refractivity contribution in [3.05, 3.63) is 29.5 Å². The Bertz CT molecular complexity index is 531. The highest BCUT2D eigenvalue weighted by molar-refractivity contribution is 5.70. The van der Waals surface area contributed by atoms with E-state index in [-0.39, 0.29) is 0 Å². The summed E-state index contributed by atoms with van der Waals surface area (Å²) in [5.74, 6) is 2.24. The molecule has 0 N–H and O–H groups in total. The average molecular weight is 233 g/mol. The summed E-state index contributed by atoms with van der Waals surface area (Å²) in [7, 11) is 3.27. The molecule has 0 aliphatic carbocycles. The maximum atomic E-state index is 5.41. The zero-order valence-electron chi connectivity index (χ0n) is 10.4. The van der Waals surface area contributed by atoms with Gasteiger partial charge < -0.3 is 14.0 Å². The van der Waals surface area contributed by atoms with Crippen molar-refractivity contribution in [3.63, 3.8) is 0 Å². The Balaban J connectivity index is 2.58. The highest BCUT2D eigenvalue weighted by Crippen LogP contribution is 2.37. The van der Waals surface area contributed by atoms with Crippen molar-refractivity contribution in [2.24, 2.45) is 0 Å². The molecule has 0 saturated carbocycles. The lowest BCUT2D eigenvalue weighted by atomic mass is 10.1. The Labute approximate surface area is 100 Å². The van der Waals surface area contributed by atoms with Gasteiger partial charge in [-0.3, -0.25) is 0 Å². The third kappa shape index (κ3) is 1.98. The first-order chi connectivity index (χ1) is 8.17. The summed E-state index contributed by atoms with van der Waals surface area (Å²) in [4.78, 5) is 0. The standard InChI is InChI=1S/C13H15NO3/c1-8-7-12(17-14-8)10-5-6-11(15-3)9(2)13(10)16-4/h5-7H,1-4H3. The van der Waals surface area contributed by atoms with Gasteiger partial charge in [-0.05, 0) is 26.0 Å². The average Bonchev–Trinajstić information content (AvgIpc) is 2.75. The quantitative estimate of drug-likeness (QED) is 0.817. The molecule has 1 heterocycles. The summed E-state index contributed by atoms with van der Waals surface area (Å²) in [6.45, 7) is 3.83. The first kappa shape index (κ1) is 11.5. The van der Waals surface area contributed by atoms with Gasteiger partial charge in [0.1, 0.15) is 11.5 Å². The monoisotopic (exact) mass is 233 g/mol. The van der Waals surface area contributed by atoms with Crippen LogP contribution in [0.4, 0.5) is 0 Å². The van der Waals surface area contributed by atoms with E-state index in [0.29, 0.717) is 5.76 Å². The number of hydrogen-bond acceptors (Lipinski definition) is 4. The maximum absolute atomic E-state index is 5.41. The Morgan fingerprint density at radius 3 is 2.41 bits per heavy atom. The lowest BCUT2D eigenvalue weighted by Crippen LogP contribution is -1.94. The topological polar surface area (TPSA) is 44.5 Å². The molecule has 4 heteroatoms. The predicted molar refractivity (Wildman–Crippen MR) is 64.5 cm³/mol. The van der Waals surface area contributed by atoms with Gasteiger partial charge in [0, 0.05) is 11.6 Å². The van der Waals surface area contributed by atoms with E-state index in [4.69, 9.17) is 14.0 Å². The number of ether oxygens (including phenoxy) is 2. The van der Waals surface area contributed by atoms with E-state index in [1.54, 1.807) is 14.2 Å². The highest BCUT2D eigenvalue weighted by atomic mass is 16.5. The second kappa shape index (κ2) is 4.49. The molecule has 90 valence electrons. The summed E-state index contributed by atoms with van der Waals surface area (Å²) in [5, 5.41) is 3.88. The van der Waals surface area contributed by atoms with Crippen LogP contribution >= 0.6 is 0 Å². The normalized spacial score (nSPS) is 10.4. The van der Waals surface area contributed by atoms with Crippen LogP contribution < -0.4 is 9.47 Å². The van der Waals surface area contributed by atoms with Crippen molar-refractivity contribution < 1.29 is 14.0 Å². The predicted octanol–water partition coefficient (Wildman–Crippen LogP) is 2.98. The van der Waals surface area contributed by atoms with Crippen molar-refractivity contribution in [3.8, 4) is 22.8 Å². The molecule has 2 rings (SSSR count). The molecule has 0 spiro atoms. The zero-order valence-corrected chi connectivity index (χ0v) is 10.4. The maximum Gasteiger partial charge on any atom is 0.170 e. The summed E-state index contributed by atoms with van der Waals surface area (Å²) in [6, 6.07) is 5.68. The molecule has 0 atom stereocenters. The van der Waals surface area contributed by atoms with Gasteiger partial charge in [0.25, 0.3) is 0 Å². The minimum atomic E-state index is 0.699. The molecule has 1 aromatic carbocycles. The van der Waals surface area contributed by atoms with Crippen LogP contribution in [0.2, 0.25) is 0 Å². The van der Waals surface area contributed by atoms with E-state index in [1.165, 1.54) is 0 Å². The van der Waals surface area contributed by atoms with Gasteiger partial charge in [0.2, 0.25) is 0 Å². The second-order valence-electron chi connectivity index (χ2n) is 3.81. The van der Waals surface area contributed by atoms with Gasteiger partial charge in [-0.25, -0.2) is 0 Å². The van der Waals surface area contributed by atoms with Crippen LogP contribution in [0.25, 0.3) is 11.3 Å². The highest BCUT2D eigenvalue weighted by Gasteiger charge is 2.15. The SMILES string of the molecule is COc1ccc(-c2cc(C)no2)c(OC)c1C. The second-order valence-corrected chi connectivity index (χ2v) is 3.81. The molecule has 0 saturated heterocycles. The molecule has 2 aromatic rings. The summed E-state index contributed by atoms with van der Waals surface area (Å²) < 4.78 is 15.9. The molecular formula is C13H15NO3. The van der Waals surface area contributed by atoms with Crippen molar-refractivity contribution in [2.75, 3.05) is 14.2 Å². The van der Waals surface area contributed by atoms with E-state index in [2.05, 4.69) is 5.16 Å². The molecule has 0 aliphatic heterocycles. The number of nitrogens with zero attached hydrogens (tertiary/aromatic N) is 1. The van der Waals surface area contributed by atoms with Crippen molar-refractivity contribution in [1.29, 1.82) is 0 Å². The number of aromatic nitrogens is 1. The van der Waals surface area contributed by atoms with Crippen LogP contribution in [0.15, 0.2) is 22.7 Å². The minimum absolute atomic E-state index is 0.699. The summed E-state index contributed by atoms with van der Waals surface area (Å²) in [6.07, 6.45) is 0. The number of rotatable bonds is 3. The fraction of sp³-hybridized carbons (Fsp3) is 0.308. The van der Waals surface area contributed by atoms with E-state index in [0.717, 1.165) is 28.3 Å². The molecule has 0 amide bonds. The number of methoxy groups -OCH3 is 2. The van der Waals surface area contributed by atoms with Crippen molar-refractivity contribution in [1.82, 2.24) is 5.16 Å². The molecular weight excluding hydrogens is 218 g/mol. The van der Waals surface area contributed by atoms with Crippen LogP contribution in [0, 0.1) is 13.8 Å². The summed E-state index contributed by atoms with van der Waals surface area (Å²) in [5.41, 5.74) is 2.67. The fourth-order valence-electron chi connectivity index (χ4n) is 1.84. The third-order valence-electron chi connectivity index (χ3n) is 2.67. The molecule has 0 unspecified atom stereocenters. The first-order valence-electron chi connectivity index (χ1n) is 5.32. The molecule has 0 radical (unpaired) electrons. The lowest BCUT2D eigenvalue weighted by molar-refractivity contribution is 0.385. The van der Waals surface area contributed by atoms with Crippen LogP contribution in [0.5, 0.6) is 11.5 Å². The van der Waals surface area contributed by atoms with E-state index in [9.17, 15) is 0 Å². The zero-order chi connectivity index (χ0) is 12.4. The van der Waals surface area contributed by atoms with Gasteiger partial charge in [-0.1, -0.05) is 5.16 Å². The Hall–Kier alpha value is -1.97. The smallest absolute Gasteiger partial charge is 0.170 e. The molecule has 0 fully saturated rings.